The van der Waals surface area contributed by atoms with Gasteiger partial charge in [-0.1, -0.05) is 19.1 Å². The maximum Gasteiger partial charge on any atom is 0.244 e. The van der Waals surface area contributed by atoms with Crippen LogP contribution in [0.15, 0.2) is 30.3 Å². The molecule has 0 bridgehead atoms. The first kappa shape index (κ1) is 18.2. The van der Waals surface area contributed by atoms with Gasteiger partial charge in [-0.2, -0.15) is 0 Å². The molecule has 0 aliphatic rings. The van der Waals surface area contributed by atoms with Gasteiger partial charge in [0.1, 0.15) is 5.75 Å². The van der Waals surface area contributed by atoms with Crippen molar-refractivity contribution >= 4 is 21.8 Å². The first-order valence-electron chi connectivity index (χ1n) is 7.25. The van der Waals surface area contributed by atoms with E-state index in [1.165, 1.54) is 6.08 Å². The number of hydrogen-bond acceptors (Lipinski definition) is 4. The molecule has 0 aromatic heterocycles. The van der Waals surface area contributed by atoms with Crippen molar-refractivity contribution in [3.05, 3.63) is 35.9 Å². The minimum absolute atomic E-state index is 0.0409. The van der Waals surface area contributed by atoms with Crippen LogP contribution in [0.4, 0.5) is 0 Å². The Morgan fingerprint density at radius 2 is 2.09 bits per heavy atom. The summed E-state index contributed by atoms with van der Waals surface area (Å²) in [7, 11) is -3.05. The standard InChI is InChI=1S/C16H23NO4S/c1-4-22(19,20)11-10-17-16(18)9-8-14-6-5-7-15(12-14)21-13(2)3/h5-9,12-13H,4,10-11H2,1-3H3,(H,17,18). The molecule has 5 nitrogen and oxygen atoms in total. The zero-order chi connectivity index (χ0) is 16.6. The van der Waals surface area contributed by atoms with E-state index in [2.05, 4.69) is 5.32 Å². The highest BCUT2D eigenvalue weighted by Gasteiger charge is 2.07. The van der Waals surface area contributed by atoms with Crippen molar-refractivity contribution in [2.24, 2.45) is 0 Å². The lowest BCUT2D eigenvalue weighted by atomic mass is 10.2. The molecule has 1 amide bonds. The van der Waals surface area contributed by atoms with E-state index in [1.807, 2.05) is 38.1 Å². The third kappa shape index (κ3) is 7.26. The molecule has 1 N–H and O–H groups in total. The molecule has 0 atom stereocenters. The van der Waals surface area contributed by atoms with E-state index >= 15 is 0 Å². The third-order valence-corrected chi connectivity index (χ3v) is 4.51. The van der Waals surface area contributed by atoms with Crippen LogP contribution in [0.1, 0.15) is 26.3 Å². The molecule has 0 saturated heterocycles. The molecule has 0 heterocycles. The molecule has 1 aromatic carbocycles. The second kappa shape index (κ2) is 8.58. The average Bonchev–Trinajstić information content (AvgIpc) is 2.45. The van der Waals surface area contributed by atoms with Gasteiger partial charge >= 0.3 is 0 Å². The quantitative estimate of drug-likeness (QED) is 0.742. The van der Waals surface area contributed by atoms with Crippen molar-refractivity contribution in [1.82, 2.24) is 5.32 Å². The SMILES string of the molecule is CCS(=O)(=O)CCNC(=O)C=Cc1cccc(OC(C)C)c1. The van der Waals surface area contributed by atoms with Crippen LogP contribution in [0.25, 0.3) is 6.08 Å². The first-order valence-corrected chi connectivity index (χ1v) is 9.07. The molecule has 0 aliphatic carbocycles. The van der Waals surface area contributed by atoms with Crippen molar-refractivity contribution in [3.63, 3.8) is 0 Å². The molecule has 1 aromatic rings. The number of nitrogens with one attached hydrogen (secondary N) is 1. The van der Waals surface area contributed by atoms with Crippen molar-refractivity contribution in [3.8, 4) is 5.75 Å². The molecule has 0 radical (unpaired) electrons. The van der Waals surface area contributed by atoms with Gasteiger partial charge in [0.25, 0.3) is 0 Å². The van der Waals surface area contributed by atoms with Crippen LogP contribution in [-0.4, -0.2) is 38.5 Å². The summed E-state index contributed by atoms with van der Waals surface area (Å²) < 4.78 is 28.2. The van der Waals surface area contributed by atoms with Crippen molar-refractivity contribution in [2.45, 2.75) is 26.9 Å². The third-order valence-electron chi connectivity index (χ3n) is 2.81. The zero-order valence-corrected chi connectivity index (χ0v) is 14.0. The van der Waals surface area contributed by atoms with Gasteiger partial charge in [-0.3, -0.25) is 4.79 Å². The van der Waals surface area contributed by atoms with E-state index in [9.17, 15) is 13.2 Å². The predicted octanol–water partition coefficient (Wildman–Crippen LogP) is 2.04. The number of amides is 1. The lowest BCUT2D eigenvalue weighted by Gasteiger charge is -2.09. The highest BCUT2D eigenvalue weighted by molar-refractivity contribution is 7.91. The van der Waals surface area contributed by atoms with Gasteiger partial charge in [-0.05, 0) is 37.6 Å². The normalized spacial score (nSPS) is 11.8. The summed E-state index contributed by atoms with van der Waals surface area (Å²) in [5, 5.41) is 2.55. The molecule has 0 saturated carbocycles. The summed E-state index contributed by atoms with van der Waals surface area (Å²) in [6, 6.07) is 7.40. The average molecular weight is 325 g/mol. The number of sulfone groups is 1. The second-order valence-corrected chi connectivity index (χ2v) is 7.57. The van der Waals surface area contributed by atoms with E-state index in [0.717, 1.165) is 11.3 Å². The molecule has 122 valence electrons. The highest BCUT2D eigenvalue weighted by Crippen LogP contribution is 2.15. The molecule has 0 fully saturated rings. The maximum atomic E-state index is 11.6. The Hall–Kier alpha value is -1.82. The lowest BCUT2D eigenvalue weighted by Crippen LogP contribution is -2.28. The van der Waals surface area contributed by atoms with Crippen LogP contribution in [0.3, 0.4) is 0 Å². The van der Waals surface area contributed by atoms with Crippen LogP contribution in [-0.2, 0) is 14.6 Å². The molecule has 0 aliphatic heterocycles. The van der Waals surface area contributed by atoms with Crippen LogP contribution in [0.2, 0.25) is 0 Å². The van der Waals surface area contributed by atoms with Gasteiger partial charge in [0.2, 0.25) is 5.91 Å². The Morgan fingerprint density at radius 3 is 2.73 bits per heavy atom. The molecule has 6 heteroatoms. The fraction of sp³-hybridized carbons (Fsp3) is 0.438. The van der Waals surface area contributed by atoms with Crippen molar-refractivity contribution in [1.29, 1.82) is 0 Å². The number of benzene rings is 1. The molecular weight excluding hydrogens is 302 g/mol. The molecule has 0 unspecified atom stereocenters. The van der Waals surface area contributed by atoms with Gasteiger partial charge in [0.15, 0.2) is 9.84 Å². The largest absolute Gasteiger partial charge is 0.491 e. The lowest BCUT2D eigenvalue weighted by molar-refractivity contribution is -0.116. The van der Waals surface area contributed by atoms with Crippen molar-refractivity contribution in [2.75, 3.05) is 18.1 Å². The van der Waals surface area contributed by atoms with Gasteiger partial charge < -0.3 is 10.1 Å². The summed E-state index contributed by atoms with van der Waals surface area (Å²) in [5.74, 6) is 0.468. The van der Waals surface area contributed by atoms with Crippen LogP contribution < -0.4 is 10.1 Å². The molecule has 0 spiro atoms. The van der Waals surface area contributed by atoms with E-state index in [1.54, 1.807) is 13.0 Å². The number of carbonyl (C=O) groups excluding carboxylic acids is 1. The Morgan fingerprint density at radius 1 is 1.36 bits per heavy atom. The fourth-order valence-corrected chi connectivity index (χ4v) is 2.37. The Kier molecular flexibility index (Phi) is 7.11. The van der Waals surface area contributed by atoms with Gasteiger partial charge in [-0.25, -0.2) is 8.42 Å². The summed E-state index contributed by atoms with van der Waals surface area (Å²) in [5.41, 5.74) is 0.842. The molecule has 1 rings (SSSR count). The first-order chi connectivity index (χ1) is 10.3. The number of ether oxygens (including phenoxy) is 1. The smallest absolute Gasteiger partial charge is 0.244 e. The van der Waals surface area contributed by atoms with E-state index in [4.69, 9.17) is 4.74 Å². The summed E-state index contributed by atoms with van der Waals surface area (Å²) >= 11 is 0. The predicted molar refractivity (Wildman–Crippen MR) is 88.6 cm³/mol. The monoisotopic (exact) mass is 325 g/mol. The summed E-state index contributed by atoms with van der Waals surface area (Å²) in [6.45, 7) is 5.60. The van der Waals surface area contributed by atoms with Gasteiger partial charge in [0.05, 0.1) is 11.9 Å². The van der Waals surface area contributed by atoms with E-state index < -0.39 is 9.84 Å². The maximum absolute atomic E-state index is 11.6. The van der Waals surface area contributed by atoms with E-state index in [-0.39, 0.29) is 30.1 Å². The summed E-state index contributed by atoms with van der Waals surface area (Å²) in [6.07, 6.45) is 3.13. The second-order valence-electron chi connectivity index (χ2n) is 5.10. The summed E-state index contributed by atoms with van der Waals surface area (Å²) in [4.78, 5) is 11.6. The van der Waals surface area contributed by atoms with Crippen LogP contribution in [0.5, 0.6) is 5.75 Å². The topological polar surface area (TPSA) is 72.5 Å². The number of hydrogen-bond donors (Lipinski definition) is 1. The van der Waals surface area contributed by atoms with E-state index in [0.29, 0.717) is 0 Å². The van der Waals surface area contributed by atoms with Gasteiger partial charge in [-0.15, -0.1) is 0 Å². The fourth-order valence-electron chi connectivity index (χ4n) is 1.67. The number of rotatable bonds is 8. The van der Waals surface area contributed by atoms with Gasteiger partial charge in [0, 0.05) is 18.4 Å². The Bertz CT molecular complexity index is 621. The molecular formula is C16H23NO4S. The van der Waals surface area contributed by atoms with Crippen molar-refractivity contribution < 1.29 is 17.9 Å². The highest BCUT2D eigenvalue weighted by atomic mass is 32.2. The van der Waals surface area contributed by atoms with Crippen LogP contribution in [0, 0.1) is 0 Å². The zero-order valence-electron chi connectivity index (χ0n) is 13.2. The Labute approximate surface area is 132 Å². The molecule has 22 heavy (non-hydrogen) atoms. The Balaban J connectivity index is 2.52. The number of carbonyl (C=O) groups is 1. The minimum atomic E-state index is -3.05. The van der Waals surface area contributed by atoms with Crippen LogP contribution >= 0.6 is 0 Å². The minimum Gasteiger partial charge on any atom is -0.491 e.